The van der Waals surface area contributed by atoms with Gasteiger partial charge in [0, 0.05) is 11.1 Å². The zero-order valence-electron chi connectivity index (χ0n) is 14.7. The molecule has 2 aliphatic heterocycles. The zero-order valence-corrected chi connectivity index (χ0v) is 15.5. The molecule has 1 aromatic carbocycles. The SMILES string of the molecule is C=C/C=C(\C=C)c1nc(B2OC3(C)SC3(C)O2)nc(-c2ccccc2)n1. The summed E-state index contributed by atoms with van der Waals surface area (Å²) in [5.74, 6) is 1.08. The Bertz CT molecular complexity index is 904. The third-order valence-electron chi connectivity index (χ3n) is 4.51. The molecule has 2 aliphatic rings. The summed E-state index contributed by atoms with van der Waals surface area (Å²) in [6, 6.07) is 9.76. The third-order valence-corrected chi connectivity index (χ3v) is 6.05. The molecule has 0 bridgehead atoms. The number of benzene rings is 1. The van der Waals surface area contributed by atoms with E-state index in [9.17, 15) is 0 Å². The molecule has 2 saturated heterocycles. The monoisotopic (exact) mass is 363 g/mol. The van der Waals surface area contributed by atoms with Crippen LogP contribution >= 0.6 is 11.8 Å². The van der Waals surface area contributed by atoms with E-state index in [1.54, 1.807) is 23.9 Å². The van der Waals surface area contributed by atoms with E-state index in [4.69, 9.17) is 9.31 Å². The highest BCUT2D eigenvalue weighted by atomic mass is 32.2. The summed E-state index contributed by atoms with van der Waals surface area (Å²) in [6.45, 7) is 11.6. The van der Waals surface area contributed by atoms with E-state index in [0.717, 1.165) is 11.1 Å². The zero-order chi connectivity index (χ0) is 18.4. The minimum Gasteiger partial charge on any atom is -0.387 e. The summed E-state index contributed by atoms with van der Waals surface area (Å²) in [5, 5.41) is 0. The molecule has 26 heavy (non-hydrogen) atoms. The molecule has 7 heteroatoms. The first-order valence-corrected chi connectivity index (χ1v) is 9.12. The fraction of sp³-hybridized carbons (Fsp3) is 0.211. The molecule has 2 fully saturated rings. The lowest BCUT2D eigenvalue weighted by atomic mass is 9.89. The third kappa shape index (κ3) is 2.82. The minimum atomic E-state index is -0.620. The first-order chi connectivity index (χ1) is 12.5. The second-order valence-corrected chi connectivity index (χ2v) is 8.09. The largest absolute Gasteiger partial charge is 0.536 e. The molecule has 0 N–H and O–H groups in total. The van der Waals surface area contributed by atoms with E-state index in [0.29, 0.717) is 17.4 Å². The number of aromatic nitrogens is 3. The Balaban J connectivity index is 1.80. The molecule has 4 rings (SSSR count). The highest BCUT2D eigenvalue weighted by Crippen LogP contribution is 2.68. The van der Waals surface area contributed by atoms with Crippen LogP contribution in [0.4, 0.5) is 0 Å². The Hall–Kier alpha value is -2.22. The van der Waals surface area contributed by atoms with Gasteiger partial charge in [-0.2, -0.15) is 0 Å². The standard InChI is InChI=1S/C19H18BN3O2S/c1-5-10-13(6-2)15-21-16(14-11-8-7-9-12-14)23-17(22-15)20-24-18(3)19(4,25-20)26-18/h5-12H,1-2H2,3-4H3/b13-10+. The maximum atomic E-state index is 6.05. The summed E-state index contributed by atoms with van der Waals surface area (Å²) in [7, 11) is -0.620. The van der Waals surface area contributed by atoms with Crippen molar-refractivity contribution >= 4 is 30.2 Å². The second kappa shape index (κ2) is 6.19. The van der Waals surface area contributed by atoms with Gasteiger partial charge < -0.3 is 9.31 Å². The van der Waals surface area contributed by atoms with Crippen LogP contribution in [0.3, 0.4) is 0 Å². The van der Waals surface area contributed by atoms with Crippen LogP contribution in [0.1, 0.15) is 19.7 Å². The number of nitrogens with zero attached hydrogens (tertiary/aromatic N) is 3. The molecule has 0 saturated carbocycles. The summed E-state index contributed by atoms with van der Waals surface area (Å²) < 4.78 is 12.1. The molecular weight excluding hydrogens is 345 g/mol. The van der Waals surface area contributed by atoms with Crippen LogP contribution in [0.2, 0.25) is 0 Å². The maximum absolute atomic E-state index is 6.05. The molecule has 0 amide bonds. The summed E-state index contributed by atoms with van der Waals surface area (Å²) >= 11 is 1.65. The van der Waals surface area contributed by atoms with E-state index in [1.807, 2.05) is 50.3 Å². The van der Waals surface area contributed by atoms with Gasteiger partial charge >= 0.3 is 7.12 Å². The van der Waals surface area contributed by atoms with Gasteiger partial charge in [0.15, 0.2) is 17.4 Å². The lowest BCUT2D eigenvalue weighted by Gasteiger charge is -2.12. The summed E-state index contributed by atoms with van der Waals surface area (Å²) in [6.07, 6.45) is 5.19. The number of hydrogen-bond donors (Lipinski definition) is 0. The van der Waals surface area contributed by atoms with Crippen LogP contribution in [-0.2, 0) is 9.31 Å². The van der Waals surface area contributed by atoms with E-state index in [-0.39, 0.29) is 9.87 Å². The number of fused-ring (bicyclic) bond motifs is 1. The van der Waals surface area contributed by atoms with Crippen LogP contribution in [0.15, 0.2) is 61.7 Å². The predicted molar refractivity (Wildman–Crippen MR) is 106 cm³/mol. The van der Waals surface area contributed by atoms with E-state index in [1.165, 1.54) is 0 Å². The molecule has 0 spiro atoms. The molecule has 2 aromatic rings. The van der Waals surface area contributed by atoms with Crippen molar-refractivity contribution in [2.24, 2.45) is 0 Å². The van der Waals surface area contributed by atoms with E-state index in [2.05, 4.69) is 28.1 Å². The van der Waals surface area contributed by atoms with Gasteiger partial charge in [-0.05, 0) is 13.8 Å². The predicted octanol–water partition coefficient (Wildman–Crippen LogP) is 3.22. The second-order valence-electron chi connectivity index (χ2n) is 6.33. The number of rotatable bonds is 5. The van der Waals surface area contributed by atoms with Gasteiger partial charge in [0.2, 0.25) is 0 Å². The van der Waals surface area contributed by atoms with Crippen molar-refractivity contribution < 1.29 is 9.31 Å². The van der Waals surface area contributed by atoms with Gasteiger partial charge in [-0.1, -0.05) is 73.5 Å². The van der Waals surface area contributed by atoms with Crippen molar-refractivity contribution in [1.29, 1.82) is 0 Å². The highest BCUT2D eigenvalue weighted by Gasteiger charge is 2.73. The highest BCUT2D eigenvalue weighted by molar-refractivity contribution is 8.09. The topological polar surface area (TPSA) is 57.1 Å². The van der Waals surface area contributed by atoms with Crippen molar-refractivity contribution in [2.45, 2.75) is 23.7 Å². The average Bonchev–Trinajstić information content (AvgIpc) is 3.07. The lowest BCUT2D eigenvalue weighted by Crippen LogP contribution is -2.40. The van der Waals surface area contributed by atoms with Crippen molar-refractivity contribution in [1.82, 2.24) is 15.0 Å². The molecule has 2 unspecified atom stereocenters. The van der Waals surface area contributed by atoms with Gasteiger partial charge in [-0.25, -0.2) is 15.0 Å². The van der Waals surface area contributed by atoms with Crippen LogP contribution in [0.5, 0.6) is 0 Å². The number of thioether (sulfide) groups is 1. The molecule has 130 valence electrons. The van der Waals surface area contributed by atoms with E-state index < -0.39 is 7.12 Å². The normalized spacial score (nSPS) is 27.2. The Morgan fingerprint density at radius 1 is 1.08 bits per heavy atom. The molecule has 1 aromatic heterocycles. The Kier molecular flexibility index (Phi) is 4.10. The molecule has 5 nitrogen and oxygen atoms in total. The van der Waals surface area contributed by atoms with Crippen molar-refractivity contribution in [2.75, 3.05) is 0 Å². The van der Waals surface area contributed by atoms with Crippen LogP contribution in [0, 0.1) is 0 Å². The maximum Gasteiger partial charge on any atom is 0.536 e. The van der Waals surface area contributed by atoms with Gasteiger partial charge in [-0.3, -0.25) is 0 Å². The summed E-state index contributed by atoms with van der Waals surface area (Å²) in [4.78, 5) is 13.1. The van der Waals surface area contributed by atoms with Crippen LogP contribution in [-0.4, -0.2) is 31.9 Å². The van der Waals surface area contributed by atoms with Gasteiger partial charge in [0.25, 0.3) is 0 Å². The molecular formula is C19H18BN3O2S. The Morgan fingerprint density at radius 3 is 2.38 bits per heavy atom. The lowest BCUT2D eigenvalue weighted by molar-refractivity contribution is 0.187. The van der Waals surface area contributed by atoms with Gasteiger partial charge in [0.05, 0.1) is 0 Å². The number of hydrogen-bond acceptors (Lipinski definition) is 6. The van der Waals surface area contributed by atoms with Crippen LogP contribution < -0.4 is 5.72 Å². The quantitative estimate of drug-likeness (QED) is 0.462. The van der Waals surface area contributed by atoms with Crippen molar-refractivity contribution in [3.63, 3.8) is 0 Å². The first kappa shape index (κ1) is 17.2. The summed E-state index contributed by atoms with van der Waals surface area (Å²) in [5.41, 5.74) is 2.12. The molecule has 3 heterocycles. The number of allylic oxidation sites excluding steroid dienone is 4. The first-order valence-electron chi connectivity index (χ1n) is 8.31. The van der Waals surface area contributed by atoms with Crippen molar-refractivity contribution in [3.8, 4) is 11.4 Å². The molecule has 2 atom stereocenters. The van der Waals surface area contributed by atoms with E-state index >= 15 is 0 Å². The molecule has 0 aliphatic carbocycles. The Morgan fingerprint density at radius 2 is 1.77 bits per heavy atom. The van der Waals surface area contributed by atoms with Gasteiger partial charge in [0.1, 0.15) is 9.87 Å². The van der Waals surface area contributed by atoms with Gasteiger partial charge in [-0.15, -0.1) is 0 Å². The fourth-order valence-corrected chi connectivity index (χ4v) is 3.91. The van der Waals surface area contributed by atoms with Crippen molar-refractivity contribution in [3.05, 3.63) is 67.5 Å². The Labute approximate surface area is 157 Å². The van der Waals surface area contributed by atoms with Crippen LogP contribution in [0.25, 0.3) is 17.0 Å². The smallest absolute Gasteiger partial charge is 0.387 e. The minimum absolute atomic E-state index is 0.352. The average molecular weight is 363 g/mol. The molecule has 0 radical (unpaired) electrons. The fourth-order valence-electron chi connectivity index (χ4n) is 2.85.